The number of allylic oxidation sites excluding steroid dienone is 30. The van der Waals surface area contributed by atoms with Crippen LogP contribution >= 0.6 is 15.6 Å². The molecular weight excluding hydrogens is 1510 g/mol. The van der Waals surface area contributed by atoms with Gasteiger partial charge in [-0.15, -0.1) is 0 Å². The molecule has 0 aromatic heterocycles. The molecule has 0 spiro atoms. The summed E-state index contributed by atoms with van der Waals surface area (Å²) in [5, 5.41) is 20.7. The first-order valence-corrected chi connectivity index (χ1v) is 49.1. The van der Waals surface area contributed by atoms with Gasteiger partial charge in [0.25, 0.3) is 0 Å². The molecule has 0 aromatic carbocycles. The fourth-order valence-electron chi connectivity index (χ4n) is 12.2. The van der Waals surface area contributed by atoms with Crippen molar-refractivity contribution in [1.29, 1.82) is 0 Å². The van der Waals surface area contributed by atoms with Crippen LogP contribution in [0.25, 0.3) is 0 Å². The van der Waals surface area contributed by atoms with E-state index in [0.29, 0.717) is 19.3 Å². The molecule has 0 saturated heterocycles. The molecule has 117 heavy (non-hydrogen) atoms. The predicted molar refractivity (Wildman–Crippen MR) is 491 cm³/mol. The van der Waals surface area contributed by atoms with Gasteiger partial charge in [-0.2, -0.15) is 0 Å². The van der Waals surface area contributed by atoms with E-state index in [1.54, 1.807) is 0 Å². The summed E-state index contributed by atoms with van der Waals surface area (Å²) in [4.78, 5) is 59.0. The second kappa shape index (κ2) is 89.9. The second-order valence-electron chi connectivity index (χ2n) is 30.3. The molecule has 0 radical (unpaired) electrons. The monoisotopic (exact) mass is 1670 g/mol. The van der Waals surface area contributed by atoms with E-state index in [1.807, 2.05) is 0 Å². The van der Waals surface area contributed by atoms with Gasteiger partial charge in [-0.05, 0) is 161 Å². The Morgan fingerprint density at radius 2 is 0.453 bits per heavy atom. The Hall–Kier alpha value is -5.35. The SMILES string of the molecule is CC/C=C\C/C=C\C/C=C\C/C=C\C/C=C\C/C=C\CCCCCCCCCCC(=O)OCC(COP(=O)(O)OCC(O)COP(=O)(O)OCC(O)COC(=O)CCCCCCCCCCCCCCCCC/C=C\C/C=C\C/C=C\C/C=C\C/C=C\CC)OC(=O)CCCCCCCCC/C=C\C/C=C\C/C=C\C/C=C\CCCCC. The van der Waals surface area contributed by atoms with Gasteiger partial charge in [0.2, 0.25) is 0 Å². The van der Waals surface area contributed by atoms with Crippen molar-refractivity contribution in [3.8, 4) is 0 Å². The van der Waals surface area contributed by atoms with E-state index in [9.17, 15) is 43.5 Å². The molecule has 5 unspecified atom stereocenters. The number of esters is 3. The van der Waals surface area contributed by atoms with Crippen molar-refractivity contribution in [2.24, 2.45) is 0 Å². The first-order valence-electron chi connectivity index (χ1n) is 46.1. The number of phosphoric acid groups is 2. The fraction of sp³-hybridized carbons (Fsp3) is 0.667. The highest BCUT2D eigenvalue weighted by molar-refractivity contribution is 7.47. The number of aliphatic hydroxyl groups is 2. The largest absolute Gasteiger partial charge is 0.472 e. The summed E-state index contributed by atoms with van der Waals surface area (Å²) in [6, 6.07) is 0. The molecule has 0 saturated carbocycles. The molecule has 0 aliphatic rings. The van der Waals surface area contributed by atoms with E-state index < -0.39 is 91.5 Å². The van der Waals surface area contributed by atoms with Crippen LogP contribution in [0, 0.1) is 0 Å². The van der Waals surface area contributed by atoms with Crippen LogP contribution in [0.2, 0.25) is 0 Å². The highest BCUT2D eigenvalue weighted by Gasteiger charge is 2.29. The van der Waals surface area contributed by atoms with Gasteiger partial charge in [-0.1, -0.05) is 370 Å². The lowest BCUT2D eigenvalue weighted by Gasteiger charge is -2.21. The minimum atomic E-state index is -4.95. The molecule has 668 valence electrons. The van der Waals surface area contributed by atoms with Crippen LogP contribution in [0.1, 0.15) is 367 Å². The molecule has 0 fully saturated rings. The smallest absolute Gasteiger partial charge is 0.463 e. The van der Waals surface area contributed by atoms with Gasteiger partial charge in [0.15, 0.2) is 6.10 Å². The number of carbonyl (C=O) groups is 3. The number of carbonyl (C=O) groups excluding carboxylic acids is 3. The summed E-state index contributed by atoms with van der Waals surface area (Å²) in [6.07, 6.45) is 118. The van der Waals surface area contributed by atoms with Gasteiger partial charge in [0, 0.05) is 19.3 Å². The second-order valence-corrected chi connectivity index (χ2v) is 33.2. The number of rotatable bonds is 86. The summed E-state index contributed by atoms with van der Waals surface area (Å²) >= 11 is 0. The van der Waals surface area contributed by atoms with Crippen LogP contribution in [0.15, 0.2) is 182 Å². The Kier molecular flexibility index (Phi) is 85.8. The van der Waals surface area contributed by atoms with Gasteiger partial charge in [0.05, 0.1) is 26.4 Å². The molecule has 0 rings (SSSR count). The summed E-state index contributed by atoms with van der Waals surface area (Å²) in [7, 11) is -9.82. The third-order valence-electron chi connectivity index (χ3n) is 19.1. The highest BCUT2D eigenvalue weighted by Crippen LogP contribution is 2.45. The summed E-state index contributed by atoms with van der Waals surface area (Å²) < 4.78 is 61.5. The third-order valence-corrected chi connectivity index (χ3v) is 21.0. The first-order chi connectivity index (χ1) is 57.2. The Bertz CT molecular complexity index is 2860. The van der Waals surface area contributed by atoms with Gasteiger partial charge in [-0.25, -0.2) is 9.13 Å². The Morgan fingerprint density at radius 3 is 0.718 bits per heavy atom. The van der Waals surface area contributed by atoms with Crippen molar-refractivity contribution in [2.45, 2.75) is 386 Å². The standard InChI is InChI=1S/C99H166O16P2/c1-4-7-10-13-16-19-22-25-28-31-34-37-40-42-44-45-46-47-49-51-53-55-58-61-64-67-70-73-76-79-82-85-97(102)109-88-94(100)89-111-116(105,106)112-90-95(101)91-113-117(107,108)114-93-96(115-99(104)87-84-81-78-75-72-69-66-63-60-57-52-39-36-33-30-27-24-21-18-15-12-9-6-3)92-110-98(103)86-83-80-77-74-71-68-65-62-59-56-54-50-48-43-41-38-35-32-29-26-23-20-17-14-11-8-5-2/h7-8,10-11,16-21,25-30,34-39,42-44,48,54,56-57,60,94-96,100-101H,4-6,9,12-15,22-24,31-33,40-41,45-47,49-53,55,58-59,61-93H2,1-3H3,(H,105,106)(H,107,108)/b10-7-,11-8-,19-16-,20-17-,21-18-,28-25-,29-26-,30-27-,37-34-,38-35-,39-36-,44-42-,48-43-,56-54-,60-57-. The van der Waals surface area contributed by atoms with Gasteiger partial charge >= 0.3 is 33.6 Å². The average molecular weight is 1670 g/mol. The molecule has 4 N–H and O–H groups in total. The minimum Gasteiger partial charge on any atom is -0.463 e. The van der Waals surface area contributed by atoms with E-state index >= 15 is 0 Å². The lowest BCUT2D eigenvalue weighted by Crippen LogP contribution is -2.30. The Morgan fingerprint density at radius 1 is 0.248 bits per heavy atom. The number of unbranched alkanes of at least 4 members (excludes halogenated alkanes) is 33. The number of hydrogen-bond donors (Lipinski definition) is 4. The van der Waals surface area contributed by atoms with Crippen LogP contribution in [-0.4, -0.2) is 95.9 Å². The summed E-state index contributed by atoms with van der Waals surface area (Å²) in [5.74, 6) is -1.59. The third kappa shape index (κ3) is 91.2. The van der Waals surface area contributed by atoms with E-state index in [2.05, 4.69) is 203 Å². The zero-order chi connectivity index (χ0) is 85.1. The van der Waals surface area contributed by atoms with Crippen molar-refractivity contribution in [3.63, 3.8) is 0 Å². The maximum absolute atomic E-state index is 13.1. The normalized spacial score (nSPS) is 14.6. The van der Waals surface area contributed by atoms with E-state index in [4.69, 9.17) is 32.3 Å². The van der Waals surface area contributed by atoms with Crippen molar-refractivity contribution in [1.82, 2.24) is 0 Å². The quantitative estimate of drug-likeness (QED) is 0.0146. The maximum Gasteiger partial charge on any atom is 0.472 e. The van der Waals surface area contributed by atoms with Crippen LogP contribution < -0.4 is 0 Å². The van der Waals surface area contributed by atoms with Crippen molar-refractivity contribution in [2.75, 3.05) is 39.6 Å². The highest BCUT2D eigenvalue weighted by atomic mass is 31.2. The van der Waals surface area contributed by atoms with Gasteiger partial charge < -0.3 is 34.2 Å². The lowest BCUT2D eigenvalue weighted by atomic mass is 10.0. The minimum absolute atomic E-state index is 0.0847. The molecule has 0 aliphatic carbocycles. The van der Waals surface area contributed by atoms with Gasteiger partial charge in [-0.3, -0.25) is 32.5 Å². The van der Waals surface area contributed by atoms with Crippen LogP contribution in [0.3, 0.4) is 0 Å². The van der Waals surface area contributed by atoms with E-state index in [0.717, 1.165) is 199 Å². The fourth-order valence-corrected chi connectivity index (χ4v) is 13.8. The number of hydrogen-bond acceptors (Lipinski definition) is 14. The molecule has 18 heteroatoms. The van der Waals surface area contributed by atoms with Gasteiger partial charge in [0.1, 0.15) is 25.4 Å². The topological polar surface area (TPSA) is 231 Å². The first kappa shape index (κ1) is 112. The number of aliphatic hydroxyl groups excluding tert-OH is 2. The molecule has 0 amide bonds. The predicted octanol–water partition coefficient (Wildman–Crippen LogP) is 28.4. The zero-order valence-electron chi connectivity index (χ0n) is 73.6. The Labute approximate surface area is 713 Å². The number of ether oxygens (including phenoxy) is 3. The average Bonchev–Trinajstić information content (AvgIpc) is 1.07. The van der Waals surface area contributed by atoms with Crippen molar-refractivity contribution in [3.05, 3.63) is 182 Å². The molecular formula is C99H166O16P2. The summed E-state index contributed by atoms with van der Waals surface area (Å²) in [6.45, 7) is 2.44. The molecule has 0 aliphatic heterocycles. The lowest BCUT2D eigenvalue weighted by molar-refractivity contribution is -0.161. The maximum atomic E-state index is 13.1. The van der Waals surface area contributed by atoms with Crippen LogP contribution in [-0.2, 0) is 55.8 Å². The molecule has 5 atom stereocenters. The molecule has 16 nitrogen and oxygen atoms in total. The van der Waals surface area contributed by atoms with Crippen LogP contribution in [0.5, 0.6) is 0 Å². The van der Waals surface area contributed by atoms with Crippen LogP contribution in [0.4, 0.5) is 0 Å². The van der Waals surface area contributed by atoms with E-state index in [-0.39, 0.29) is 19.3 Å². The number of phosphoric ester groups is 2. The molecule has 0 heterocycles. The zero-order valence-corrected chi connectivity index (χ0v) is 75.4. The van der Waals surface area contributed by atoms with Crippen molar-refractivity contribution < 1.29 is 75.8 Å². The van der Waals surface area contributed by atoms with Crippen molar-refractivity contribution >= 4 is 33.6 Å². The molecule has 0 bridgehead atoms. The molecule has 0 aromatic rings. The Balaban J connectivity index is 4.64. The van der Waals surface area contributed by atoms with E-state index in [1.165, 1.54) is 109 Å². The summed E-state index contributed by atoms with van der Waals surface area (Å²) in [5.41, 5.74) is 0.